The Balaban J connectivity index is 2.14. The van der Waals surface area contributed by atoms with Crippen LogP contribution in [0.3, 0.4) is 0 Å². The maximum atomic E-state index is 11.1. The highest BCUT2D eigenvalue weighted by Gasteiger charge is 2.37. The van der Waals surface area contributed by atoms with Crippen molar-refractivity contribution < 1.29 is 9.90 Å². The summed E-state index contributed by atoms with van der Waals surface area (Å²) in [5, 5.41) is 10.3. The van der Waals surface area contributed by atoms with Gasteiger partial charge in [0.25, 0.3) is 0 Å². The second-order valence-corrected chi connectivity index (χ2v) is 6.63. The van der Waals surface area contributed by atoms with Gasteiger partial charge in [0.1, 0.15) is 0 Å². The highest BCUT2D eigenvalue weighted by atomic mass is 32.1. The second kappa shape index (κ2) is 4.97. The monoisotopic (exact) mass is 268 g/mol. The van der Waals surface area contributed by atoms with Crippen LogP contribution in [-0.2, 0) is 4.79 Å². The minimum Gasteiger partial charge on any atom is -0.481 e. The highest BCUT2D eigenvalue weighted by molar-refractivity contribution is 7.11. The van der Waals surface area contributed by atoms with Gasteiger partial charge in [-0.1, -0.05) is 6.92 Å². The molecule has 4 nitrogen and oxygen atoms in total. The third-order valence-corrected chi connectivity index (χ3v) is 4.74. The number of carboxylic acids is 1. The fourth-order valence-corrected chi connectivity index (χ4v) is 3.66. The van der Waals surface area contributed by atoms with Crippen molar-refractivity contribution in [1.29, 1.82) is 0 Å². The quantitative estimate of drug-likeness (QED) is 0.915. The van der Waals surface area contributed by atoms with Crippen LogP contribution in [-0.4, -0.2) is 34.0 Å². The lowest BCUT2D eigenvalue weighted by Crippen LogP contribution is -2.26. The van der Waals surface area contributed by atoms with Gasteiger partial charge in [0.2, 0.25) is 0 Å². The van der Waals surface area contributed by atoms with Gasteiger partial charge in [-0.05, 0) is 26.7 Å². The number of nitrogens with zero attached hydrogens (tertiary/aromatic N) is 2. The Morgan fingerprint density at radius 3 is 2.61 bits per heavy atom. The molecule has 1 aromatic heterocycles. The number of aryl methyl sites for hydroxylation is 2. The average Bonchev–Trinajstić information content (AvgIpc) is 2.81. The zero-order valence-electron chi connectivity index (χ0n) is 11.3. The Morgan fingerprint density at radius 1 is 1.50 bits per heavy atom. The first-order valence-electron chi connectivity index (χ1n) is 6.31. The topological polar surface area (TPSA) is 53.4 Å². The average molecular weight is 268 g/mol. The Bertz CT molecular complexity index is 458. The molecular formula is C13H20N2O2S. The van der Waals surface area contributed by atoms with E-state index < -0.39 is 5.97 Å². The van der Waals surface area contributed by atoms with Gasteiger partial charge in [-0.15, -0.1) is 11.3 Å². The fraction of sp³-hybridized carbons (Fsp3) is 0.692. The number of hydrogen-bond acceptors (Lipinski definition) is 4. The van der Waals surface area contributed by atoms with E-state index in [1.54, 1.807) is 11.3 Å². The first kappa shape index (κ1) is 13.5. The van der Waals surface area contributed by atoms with Crippen molar-refractivity contribution in [1.82, 2.24) is 9.88 Å². The Kier molecular flexibility index (Phi) is 3.73. The Labute approximate surface area is 112 Å². The van der Waals surface area contributed by atoms with Gasteiger partial charge in [0, 0.05) is 18.0 Å². The first-order chi connectivity index (χ1) is 8.40. The van der Waals surface area contributed by atoms with E-state index in [0.717, 1.165) is 17.2 Å². The summed E-state index contributed by atoms with van der Waals surface area (Å²) in [6.45, 7) is 9.72. The van der Waals surface area contributed by atoms with Gasteiger partial charge in [-0.3, -0.25) is 9.69 Å². The summed E-state index contributed by atoms with van der Waals surface area (Å²) in [6, 6.07) is 0.210. The predicted octanol–water partition coefficient (Wildman–Crippen LogP) is 2.47. The smallest absolute Gasteiger partial charge is 0.308 e. The molecular weight excluding hydrogens is 248 g/mol. The molecule has 2 rings (SSSR count). The lowest BCUT2D eigenvalue weighted by atomic mass is 9.99. The SMILES string of the molecule is Cc1nc(C(C)N2CC(C)C(C(=O)O)C2)c(C)s1. The summed E-state index contributed by atoms with van der Waals surface area (Å²) in [6.07, 6.45) is 0. The number of thiazole rings is 1. The van der Waals surface area contributed by atoms with Crippen LogP contribution in [0.4, 0.5) is 0 Å². The number of aliphatic carboxylic acids is 1. The minimum atomic E-state index is -0.677. The summed E-state index contributed by atoms with van der Waals surface area (Å²) in [4.78, 5) is 19.2. The molecule has 1 fully saturated rings. The molecule has 1 aromatic rings. The van der Waals surface area contributed by atoms with Gasteiger partial charge in [-0.2, -0.15) is 0 Å². The molecule has 3 atom stereocenters. The molecule has 1 saturated heterocycles. The molecule has 18 heavy (non-hydrogen) atoms. The fourth-order valence-electron chi connectivity index (χ4n) is 2.75. The maximum Gasteiger partial charge on any atom is 0.308 e. The van der Waals surface area contributed by atoms with Crippen molar-refractivity contribution in [3.63, 3.8) is 0 Å². The lowest BCUT2D eigenvalue weighted by molar-refractivity contribution is -0.142. The summed E-state index contributed by atoms with van der Waals surface area (Å²) >= 11 is 1.71. The van der Waals surface area contributed by atoms with E-state index >= 15 is 0 Å². The molecule has 2 heterocycles. The molecule has 1 aliphatic rings. The predicted molar refractivity (Wildman–Crippen MR) is 71.9 cm³/mol. The molecule has 0 aliphatic carbocycles. The van der Waals surface area contributed by atoms with Crippen LogP contribution in [0, 0.1) is 25.7 Å². The Morgan fingerprint density at radius 2 is 2.17 bits per heavy atom. The molecule has 0 aromatic carbocycles. The van der Waals surface area contributed by atoms with Crippen molar-refractivity contribution in [2.24, 2.45) is 11.8 Å². The van der Waals surface area contributed by atoms with Crippen molar-refractivity contribution in [2.75, 3.05) is 13.1 Å². The Hall–Kier alpha value is -0.940. The van der Waals surface area contributed by atoms with Crippen molar-refractivity contribution >= 4 is 17.3 Å². The van der Waals surface area contributed by atoms with Crippen LogP contribution in [0.15, 0.2) is 0 Å². The number of hydrogen-bond donors (Lipinski definition) is 1. The number of carboxylic acid groups (broad SMARTS) is 1. The summed E-state index contributed by atoms with van der Waals surface area (Å²) in [5.41, 5.74) is 1.11. The lowest BCUT2D eigenvalue weighted by Gasteiger charge is -2.23. The summed E-state index contributed by atoms with van der Waals surface area (Å²) in [7, 11) is 0. The number of likely N-dealkylation sites (tertiary alicyclic amines) is 1. The van der Waals surface area contributed by atoms with Crippen LogP contribution >= 0.6 is 11.3 Å². The number of rotatable bonds is 3. The largest absolute Gasteiger partial charge is 0.481 e. The molecule has 1 aliphatic heterocycles. The summed E-state index contributed by atoms with van der Waals surface area (Å²) < 4.78 is 0. The molecule has 0 amide bonds. The zero-order chi connectivity index (χ0) is 13.4. The minimum absolute atomic E-state index is 0.210. The normalized spacial score (nSPS) is 26.4. The first-order valence-corrected chi connectivity index (χ1v) is 7.12. The molecule has 100 valence electrons. The van der Waals surface area contributed by atoms with E-state index in [1.165, 1.54) is 4.88 Å². The molecule has 5 heteroatoms. The van der Waals surface area contributed by atoms with Gasteiger partial charge in [0.05, 0.1) is 22.7 Å². The van der Waals surface area contributed by atoms with Crippen LogP contribution < -0.4 is 0 Å². The van der Waals surface area contributed by atoms with E-state index in [2.05, 4.69) is 23.7 Å². The van der Waals surface area contributed by atoms with Gasteiger partial charge in [-0.25, -0.2) is 4.98 Å². The van der Waals surface area contributed by atoms with Gasteiger partial charge >= 0.3 is 5.97 Å². The third kappa shape index (κ3) is 2.42. The molecule has 0 saturated carbocycles. The third-order valence-electron chi connectivity index (χ3n) is 3.84. The van der Waals surface area contributed by atoms with E-state index in [1.807, 2.05) is 13.8 Å². The van der Waals surface area contributed by atoms with Crippen LogP contribution in [0.2, 0.25) is 0 Å². The molecule has 1 N–H and O–H groups in total. The van der Waals surface area contributed by atoms with Gasteiger partial charge in [0.15, 0.2) is 0 Å². The highest BCUT2D eigenvalue weighted by Crippen LogP contribution is 2.33. The van der Waals surface area contributed by atoms with Crippen molar-refractivity contribution in [3.05, 3.63) is 15.6 Å². The molecule has 3 unspecified atom stereocenters. The molecule has 0 spiro atoms. The van der Waals surface area contributed by atoms with E-state index in [4.69, 9.17) is 0 Å². The van der Waals surface area contributed by atoms with Crippen molar-refractivity contribution in [3.8, 4) is 0 Å². The van der Waals surface area contributed by atoms with E-state index in [0.29, 0.717) is 6.54 Å². The molecule has 0 bridgehead atoms. The zero-order valence-corrected chi connectivity index (χ0v) is 12.1. The van der Waals surface area contributed by atoms with Crippen LogP contribution in [0.1, 0.15) is 35.5 Å². The standard InChI is InChI=1S/C13H20N2O2S/c1-7-5-15(6-11(7)13(16)17)8(2)12-9(3)18-10(4)14-12/h7-8,11H,5-6H2,1-4H3,(H,16,17). The van der Waals surface area contributed by atoms with Crippen LogP contribution in [0.5, 0.6) is 0 Å². The molecule has 0 radical (unpaired) electrons. The van der Waals surface area contributed by atoms with E-state index in [9.17, 15) is 9.90 Å². The number of carbonyl (C=O) groups is 1. The number of aromatic nitrogens is 1. The van der Waals surface area contributed by atoms with Crippen molar-refractivity contribution in [2.45, 2.75) is 33.7 Å². The second-order valence-electron chi connectivity index (χ2n) is 5.23. The summed E-state index contributed by atoms with van der Waals surface area (Å²) in [5.74, 6) is -0.708. The van der Waals surface area contributed by atoms with Crippen LogP contribution in [0.25, 0.3) is 0 Å². The van der Waals surface area contributed by atoms with Gasteiger partial charge < -0.3 is 5.11 Å². The maximum absolute atomic E-state index is 11.1. The van der Waals surface area contributed by atoms with E-state index in [-0.39, 0.29) is 17.9 Å².